The standard InChI is InChI=1S/C10H23N.BH3O3/c1-2-3-4-5-6-7-8-9-10-11;2-1(3)4/h2-11H2,1H3;2-4H. The molecule has 15 heavy (non-hydrogen) atoms. The highest BCUT2D eigenvalue weighted by Crippen LogP contribution is 2.07. The van der Waals surface area contributed by atoms with Crippen LogP contribution in [0.5, 0.6) is 0 Å². The first-order valence-corrected chi connectivity index (χ1v) is 5.89. The Kier molecular flexibility index (Phi) is 18.8. The van der Waals surface area contributed by atoms with Crippen molar-refractivity contribution in [3.05, 3.63) is 0 Å². The Hall–Kier alpha value is -0.0951. The molecule has 0 atom stereocenters. The molecule has 0 unspecified atom stereocenters. The van der Waals surface area contributed by atoms with Crippen LogP contribution in [0.4, 0.5) is 0 Å². The number of rotatable bonds is 8. The van der Waals surface area contributed by atoms with Crippen molar-refractivity contribution in [1.82, 2.24) is 0 Å². The van der Waals surface area contributed by atoms with Gasteiger partial charge in [0.05, 0.1) is 0 Å². The van der Waals surface area contributed by atoms with Crippen molar-refractivity contribution in [3.8, 4) is 0 Å². The van der Waals surface area contributed by atoms with Crippen LogP contribution in [-0.2, 0) is 0 Å². The minimum atomic E-state index is -2.17. The molecule has 0 aromatic carbocycles. The van der Waals surface area contributed by atoms with Crippen LogP contribution in [0.2, 0.25) is 0 Å². The van der Waals surface area contributed by atoms with Gasteiger partial charge in [-0.3, -0.25) is 0 Å². The molecule has 92 valence electrons. The van der Waals surface area contributed by atoms with E-state index in [0.29, 0.717) is 0 Å². The fraction of sp³-hybridized carbons (Fsp3) is 1.00. The summed E-state index contributed by atoms with van der Waals surface area (Å²) in [5.74, 6) is 0. The zero-order chi connectivity index (χ0) is 11.9. The quantitative estimate of drug-likeness (QED) is 0.363. The Morgan fingerprint density at radius 3 is 1.47 bits per heavy atom. The summed E-state index contributed by atoms with van der Waals surface area (Å²) < 4.78 is 0. The van der Waals surface area contributed by atoms with Gasteiger partial charge in [0, 0.05) is 0 Å². The van der Waals surface area contributed by atoms with Gasteiger partial charge in [-0.15, -0.1) is 0 Å². The largest absolute Gasteiger partial charge is 0.631 e. The van der Waals surface area contributed by atoms with Crippen LogP contribution in [0.3, 0.4) is 0 Å². The molecular weight excluding hydrogens is 193 g/mol. The van der Waals surface area contributed by atoms with E-state index in [9.17, 15) is 0 Å². The van der Waals surface area contributed by atoms with E-state index in [2.05, 4.69) is 6.92 Å². The highest BCUT2D eigenvalue weighted by atomic mass is 16.5. The summed E-state index contributed by atoms with van der Waals surface area (Å²) >= 11 is 0. The maximum Gasteiger partial charge on any atom is 0.631 e. The second kappa shape index (κ2) is 16.3. The molecule has 0 saturated heterocycles. The summed E-state index contributed by atoms with van der Waals surface area (Å²) in [6, 6.07) is 0. The minimum Gasteiger partial charge on any atom is -0.402 e. The maximum atomic E-state index is 7.17. The molecule has 0 aliphatic heterocycles. The Bertz CT molecular complexity index is 93.9. The van der Waals surface area contributed by atoms with Crippen molar-refractivity contribution in [2.45, 2.75) is 58.3 Å². The van der Waals surface area contributed by atoms with Crippen molar-refractivity contribution in [2.24, 2.45) is 5.73 Å². The molecule has 0 aliphatic rings. The number of nitrogens with two attached hydrogens (primary N) is 1. The molecule has 0 radical (unpaired) electrons. The summed E-state index contributed by atoms with van der Waals surface area (Å²) in [6.07, 6.45) is 11.0. The fourth-order valence-electron chi connectivity index (χ4n) is 1.28. The van der Waals surface area contributed by atoms with Crippen LogP contribution in [-0.4, -0.2) is 28.9 Å². The van der Waals surface area contributed by atoms with Gasteiger partial charge in [-0.1, -0.05) is 51.9 Å². The molecule has 0 spiro atoms. The third-order valence-electron chi connectivity index (χ3n) is 2.06. The number of hydrogen-bond acceptors (Lipinski definition) is 4. The third-order valence-corrected chi connectivity index (χ3v) is 2.06. The zero-order valence-corrected chi connectivity index (χ0v) is 9.86. The van der Waals surface area contributed by atoms with E-state index >= 15 is 0 Å². The highest BCUT2D eigenvalue weighted by Gasteiger charge is 1.92. The van der Waals surface area contributed by atoms with Gasteiger partial charge in [-0.25, -0.2) is 0 Å². The van der Waals surface area contributed by atoms with Gasteiger partial charge in [0.2, 0.25) is 0 Å². The first-order chi connectivity index (χ1) is 7.15. The van der Waals surface area contributed by atoms with E-state index in [-0.39, 0.29) is 0 Å². The van der Waals surface area contributed by atoms with Crippen molar-refractivity contribution in [3.63, 3.8) is 0 Å². The summed E-state index contributed by atoms with van der Waals surface area (Å²) in [6.45, 7) is 3.13. The molecule has 0 rings (SSSR count). The number of hydrogen-bond donors (Lipinski definition) is 4. The van der Waals surface area contributed by atoms with Gasteiger partial charge in [-0.05, 0) is 13.0 Å². The molecule has 0 saturated carbocycles. The lowest BCUT2D eigenvalue weighted by atomic mass is 10.1. The first kappa shape index (κ1) is 17.3. The average Bonchev–Trinajstić information content (AvgIpc) is 2.16. The maximum absolute atomic E-state index is 7.17. The minimum absolute atomic E-state index is 0.870. The highest BCUT2D eigenvalue weighted by molar-refractivity contribution is 6.30. The van der Waals surface area contributed by atoms with E-state index in [4.69, 9.17) is 20.8 Å². The van der Waals surface area contributed by atoms with Crippen LogP contribution in [0.15, 0.2) is 0 Å². The van der Waals surface area contributed by atoms with E-state index in [1.165, 1.54) is 51.4 Å². The Balaban J connectivity index is 0. The Morgan fingerprint density at radius 2 is 1.13 bits per heavy atom. The second-order valence-corrected chi connectivity index (χ2v) is 3.61. The van der Waals surface area contributed by atoms with Crippen molar-refractivity contribution < 1.29 is 15.1 Å². The summed E-state index contributed by atoms with van der Waals surface area (Å²) in [5.41, 5.74) is 5.39. The lowest BCUT2D eigenvalue weighted by Gasteiger charge is -1.99. The second-order valence-electron chi connectivity index (χ2n) is 3.61. The van der Waals surface area contributed by atoms with Crippen LogP contribution >= 0.6 is 0 Å². The SMILES string of the molecule is CCCCCCCCCCN.OB(O)O. The summed E-state index contributed by atoms with van der Waals surface area (Å²) in [5, 5.41) is 21.5. The Labute approximate surface area is 93.7 Å². The van der Waals surface area contributed by atoms with Crippen LogP contribution in [0.1, 0.15) is 58.3 Å². The molecular formula is C10H26BNO3. The molecule has 0 aromatic rings. The van der Waals surface area contributed by atoms with E-state index in [0.717, 1.165) is 6.54 Å². The molecule has 0 aliphatic carbocycles. The first-order valence-electron chi connectivity index (χ1n) is 5.89. The molecule has 5 heteroatoms. The van der Waals surface area contributed by atoms with E-state index < -0.39 is 7.32 Å². The smallest absolute Gasteiger partial charge is 0.402 e. The lowest BCUT2D eigenvalue weighted by molar-refractivity contribution is 0.278. The van der Waals surface area contributed by atoms with Crippen LogP contribution < -0.4 is 5.73 Å². The van der Waals surface area contributed by atoms with Gasteiger partial charge in [0.25, 0.3) is 0 Å². The molecule has 4 nitrogen and oxygen atoms in total. The van der Waals surface area contributed by atoms with Gasteiger partial charge < -0.3 is 20.8 Å². The van der Waals surface area contributed by atoms with E-state index in [1.807, 2.05) is 0 Å². The van der Waals surface area contributed by atoms with Gasteiger partial charge in [0.15, 0.2) is 0 Å². The molecule has 0 bridgehead atoms. The zero-order valence-electron chi connectivity index (χ0n) is 9.86. The van der Waals surface area contributed by atoms with Gasteiger partial charge in [0.1, 0.15) is 0 Å². The number of unbranched alkanes of at least 4 members (excludes halogenated alkanes) is 7. The molecule has 0 amide bonds. The van der Waals surface area contributed by atoms with Crippen molar-refractivity contribution in [2.75, 3.05) is 6.54 Å². The monoisotopic (exact) mass is 219 g/mol. The van der Waals surface area contributed by atoms with Crippen molar-refractivity contribution in [1.29, 1.82) is 0 Å². The predicted molar refractivity (Wildman–Crippen MR) is 64.1 cm³/mol. The van der Waals surface area contributed by atoms with Gasteiger partial charge in [-0.2, -0.15) is 0 Å². The third kappa shape index (κ3) is 31.5. The average molecular weight is 219 g/mol. The van der Waals surface area contributed by atoms with E-state index in [1.54, 1.807) is 0 Å². The Morgan fingerprint density at radius 1 is 0.800 bits per heavy atom. The van der Waals surface area contributed by atoms with Crippen molar-refractivity contribution >= 4 is 7.32 Å². The fourth-order valence-corrected chi connectivity index (χ4v) is 1.28. The molecule has 5 N–H and O–H groups in total. The predicted octanol–water partition coefficient (Wildman–Crippen LogP) is 1.03. The summed E-state index contributed by atoms with van der Waals surface area (Å²) in [4.78, 5) is 0. The summed E-state index contributed by atoms with van der Waals surface area (Å²) in [7, 11) is -2.17. The topological polar surface area (TPSA) is 86.7 Å². The molecule has 0 fully saturated rings. The van der Waals surface area contributed by atoms with Gasteiger partial charge >= 0.3 is 7.32 Å². The normalized spacial score (nSPS) is 9.40. The molecule has 0 aromatic heterocycles. The van der Waals surface area contributed by atoms with Crippen LogP contribution in [0, 0.1) is 0 Å². The van der Waals surface area contributed by atoms with Crippen LogP contribution in [0.25, 0.3) is 0 Å². The molecule has 0 heterocycles. The lowest BCUT2D eigenvalue weighted by Crippen LogP contribution is -2.07.